The fourth-order valence-electron chi connectivity index (χ4n) is 3.67. The van der Waals surface area contributed by atoms with Crippen LogP contribution in [0.25, 0.3) is 21.7 Å². The van der Waals surface area contributed by atoms with Crippen LogP contribution in [0.15, 0.2) is 59.9 Å². The number of rotatable bonds is 6. The molecule has 3 aromatic carbocycles. The largest absolute Gasteiger partial charge is 0.369 e. The first-order valence-electron chi connectivity index (χ1n) is 10.0. The summed E-state index contributed by atoms with van der Waals surface area (Å²) < 4.78 is 0. The molecule has 1 heterocycles. The molecule has 0 amide bonds. The summed E-state index contributed by atoms with van der Waals surface area (Å²) in [4.78, 5) is 12.9. The minimum absolute atomic E-state index is 0.864. The Kier molecular flexibility index (Phi) is 5.61. The molecule has 0 radical (unpaired) electrons. The van der Waals surface area contributed by atoms with Gasteiger partial charge in [-0.2, -0.15) is 0 Å². The molecule has 0 saturated carbocycles. The number of hydrogen-bond acceptors (Lipinski definition) is 4. The van der Waals surface area contributed by atoms with Gasteiger partial charge in [0.15, 0.2) is 0 Å². The monoisotopic (exact) mass is 378 g/mol. The second kappa shape index (κ2) is 8.48. The lowest BCUT2D eigenvalue weighted by molar-refractivity contribution is 0.860. The molecule has 0 aliphatic carbocycles. The van der Waals surface area contributed by atoms with E-state index in [0.717, 1.165) is 41.7 Å². The van der Waals surface area contributed by atoms with Crippen molar-refractivity contribution >= 4 is 60.3 Å². The fourth-order valence-corrected chi connectivity index (χ4v) is 3.67. The van der Waals surface area contributed by atoms with Crippen molar-refractivity contribution < 1.29 is 0 Å². The third-order valence-corrected chi connectivity index (χ3v) is 5.39. The molecule has 0 unspecified atom stereocenters. The van der Waals surface area contributed by atoms with E-state index in [2.05, 4.69) is 72.4 Å². The summed E-state index contributed by atoms with van der Waals surface area (Å²) in [5.74, 6) is 0.881. The van der Waals surface area contributed by atoms with E-state index in [-0.39, 0.29) is 0 Å². The maximum absolute atomic E-state index is 4.44. The van der Waals surface area contributed by atoms with Gasteiger partial charge in [0.1, 0.15) is 27.8 Å². The lowest BCUT2D eigenvalue weighted by atomic mass is 9.79. The average molecular weight is 378 g/mol. The molecule has 0 atom stereocenters. The molecule has 1 N–H and O–H groups in total. The minimum Gasteiger partial charge on any atom is -0.369 e. The van der Waals surface area contributed by atoms with Crippen LogP contribution < -0.4 is 16.2 Å². The van der Waals surface area contributed by atoms with Crippen molar-refractivity contribution in [3.8, 4) is 0 Å². The Morgan fingerprint density at radius 3 is 2.62 bits per heavy atom. The molecule has 142 valence electrons. The highest BCUT2D eigenvalue weighted by Gasteiger charge is 2.05. The van der Waals surface area contributed by atoms with Gasteiger partial charge in [0.05, 0.1) is 5.52 Å². The molecular weight excluding hydrogens is 354 g/mol. The third kappa shape index (κ3) is 4.32. The Bertz CT molecular complexity index is 1200. The molecule has 0 saturated heterocycles. The highest BCUT2D eigenvalue weighted by atomic mass is 15.0. The molecule has 4 nitrogen and oxygen atoms in total. The maximum Gasteiger partial charge on any atom is 0.138 e. The summed E-state index contributed by atoms with van der Waals surface area (Å²) >= 11 is 0. The lowest BCUT2D eigenvalue weighted by Crippen LogP contribution is -2.24. The van der Waals surface area contributed by atoms with E-state index in [0.29, 0.717) is 0 Å². The van der Waals surface area contributed by atoms with Crippen molar-refractivity contribution in [3.05, 3.63) is 66.0 Å². The van der Waals surface area contributed by atoms with Gasteiger partial charge in [-0.3, -0.25) is 4.99 Å². The molecule has 0 aliphatic heterocycles. The van der Waals surface area contributed by atoms with Gasteiger partial charge in [-0.15, -0.1) is 0 Å². The summed E-state index contributed by atoms with van der Waals surface area (Å²) in [6.07, 6.45) is 5.54. The molecule has 6 heteroatoms. The second-order valence-corrected chi connectivity index (χ2v) is 7.53. The van der Waals surface area contributed by atoms with Crippen LogP contribution in [0, 0.1) is 0 Å². The normalized spacial score (nSPS) is 11.5. The van der Waals surface area contributed by atoms with E-state index in [9.17, 15) is 0 Å². The zero-order valence-electron chi connectivity index (χ0n) is 17.2. The van der Waals surface area contributed by atoms with Crippen LogP contribution in [0.5, 0.6) is 0 Å². The second-order valence-electron chi connectivity index (χ2n) is 7.53. The summed E-state index contributed by atoms with van der Waals surface area (Å²) in [7, 11) is 6.12. The lowest BCUT2D eigenvalue weighted by Gasteiger charge is -2.10. The minimum atomic E-state index is 0.864. The Labute approximate surface area is 173 Å². The molecule has 4 aromatic rings. The van der Waals surface area contributed by atoms with Gasteiger partial charge in [0, 0.05) is 25.2 Å². The molecular formula is C23H24B2N4. The first-order valence-corrected chi connectivity index (χ1v) is 10.0. The first kappa shape index (κ1) is 19.2. The molecule has 1 aromatic heterocycles. The molecule has 4 rings (SSSR count). The number of aryl methyl sites for hydroxylation is 1. The van der Waals surface area contributed by atoms with Crippen LogP contribution in [-0.2, 0) is 6.42 Å². The maximum atomic E-state index is 4.44. The van der Waals surface area contributed by atoms with Gasteiger partial charge in [0.2, 0.25) is 0 Å². The van der Waals surface area contributed by atoms with Crippen molar-refractivity contribution in [2.24, 2.45) is 4.99 Å². The van der Waals surface area contributed by atoms with Crippen LogP contribution >= 0.6 is 0 Å². The van der Waals surface area contributed by atoms with E-state index in [1.54, 1.807) is 13.4 Å². The Balaban J connectivity index is 1.43. The van der Waals surface area contributed by atoms with Gasteiger partial charge >= 0.3 is 0 Å². The number of fused-ring (bicyclic) bond motifs is 2. The van der Waals surface area contributed by atoms with Gasteiger partial charge < -0.3 is 5.32 Å². The molecule has 0 aliphatic rings. The smallest absolute Gasteiger partial charge is 0.138 e. The topological polar surface area (TPSA) is 50.2 Å². The van der Waals surface area contributed by atoms with Crippen LogP contribution in [-0.4, -0.2) is 45.5 Å². The summed E-state index contributed by atoms with van der Waals surface area (Å²) in [6, 6.07) is 17.5. The van der Waals surface area contributed by atoms with Crippen molar-refractivity contribution in [2.75, 3.05) is 18.9 Å². The van der Waals surface area contributed by atoms with Crippen molar-refractivity contribution in [2.45, 2.75) is 12.8 Å². The van der Waals surface area contributed by atoms with Crippen LogP contribution in [0.2, 0.25) is 0 Å². The zero-order chi connectivity index (χ0) is 20.2. The van der Waals surface area contributed by atoms with E-state index in [1.165, 1.54) is 27.3 Å². The van der Waals surface area contributed by atoms with E-state index in [4.69, 9.17) is 0 Å². The van der Waals surface area contributed by atoms with E-state index < -0.39 is 0 Å². The standard InChI is InChI=1S/C23H24B2N4/c1-26-13-16-5-7-22-19(10-16)23(29-14-28-22)27-8-2-3-15-4-6-17-11-20(24)21(25)12-18(17)9-15/h4-7,9-14H,2-3,8,24-25H2,1H3,(H,27,28,29). The summed E-state index contributed by atoms with van der Waals surface area (Å²) in [5.41, 5.74) is 6.06. The number of aromatic nitrogens is 2. The Morgan fingerprint density at radius 2 is 1.79 bits per heavy atom. The Morgan fingerprint density at radius 1 is 0.966 bits per heavy atom. The summed E-state index contributed by atoms with van der Waals surface area (Å²) in [5, 5.41) is 7.15. The third-order valence-electron chi connectivity index (χ3n) is 5.39. The van der Waals surface area contributed by atoms with Crippen molar-refractivity contribution in [1.82, 2.24) is 9.97 Å². The SMILES string of the molecule is Bc1cc2ccc(CCCNc3ncnc4ccc(C=NC)cc34)cc2cc1B. The molecule has 0 bridgehead atoms. The van der Waals surface area contributed by atoms with Crippen molar-refractivity contribution in [3.63, 3.8) is 0 Å². The van der Waals surface area contributed by atoms with Crippen molar-refractivity contribution in [1.29, 1.82) is 0 Å². The van der Waals surface area contributed by atoms with Gasteiger partial charge in [0.25, 0.3) is 0 Å². The number of hydrogen-bond donors (Lipinski definition) is 1. The number of nitrogens with zero attached hydrogens (tertiary/aromatic N) is 3. The van der Waals surface area contributed by atoms with E-state index >= 15 is 0 Å². The number of aliphatic imine (C=N–C) groups is 1. The predicted molar refractivity (Wildman–Crippen MR) is 130 cm³/mol. The van der Waals surface area contributed by atoms with Gasteiger partial charge in [-0.05, 0) is 46.9 Å². The quantitative estimate of drug-likeness (QED) is 0.314. The van der Waals surface area contributed by atoms with Crippen LogP contribution in [0.1, 0.15) is 17.5 Å². The molecule has 29 heavy (non-hydrogen) atoms. The zero-order valence-corrected chi connectivity index (χ0v) is 17.2. The number of anilines is 1. The molecule has 0 fully saturated rings. The highest BCUT2D eigenvalue weighted by Crippen LogP contribution is 2.20. The first-order chi connectivity index (χ1) is 14.1. The summed E-state index contributed by atoms with van der Waals surface area (Å²) in [6.45, 7) is 0.864. The van der Waals surface area contributed by atoms with Gasteiger partial charge in [-0.1, -0.05) is 47.3 Å². The molecule has 0 spiro atoms. The number of benzene rings is 3. The Hall–Kier alpha value is -3.14. The fraction of sp³-hybridized carbons (Fsp3) is 0.174. The van der Waals surface area contributed by atoms with E-state index in [1.807, 2.05) is 18.3 Å². The average Bonchev–Trinajstić information content (AvgIpc) is 2.72. The predicted octanol–water partition coefficient (Wildman–Crippen LogP) is 1.39. The van der Waals surface area contributed by atoms with Crippen LogP contribution in [0.3, 0.4) is 0 Å². The highest BCUT2D eigenvalue weighted by molar-refractivity contribution is 6.49. The van der Waals surface area contributed by atoms with Gasteiger partial charge in [-0.25, -0.2) is 9.97 Å². The number of nitrogens with one attached hydrogen (secondary N) is 1. The van der Waals surface area contributed by atoms with Crippen LogP contribution in [0.4, 0.5) is 5.82 Å².